The van der Waals surface area contributed by atoms with Gasteiger partial charge in [0.25, 0.3) is 0 Å². The second kappa shape index (κ2) is 5.69. The lowest BCUT2D eigenvalue weighted by molar-refractivity contribution is -0.139. The molecule has 0 radical (unpaired) electrons. The van der Waals surface area contributed by atoms with Crippen LogP contribution in [0.5, 0.6) is 0 Å². The van der Waals surface area contributed by atoms with Crippen LogP contribution in [0.4, 0.5) is 0 Å². The lowest BCUT2D eigenvalue weighted by atomic mass is 9.93. The lowest BCUT2D eigenvalue weighted by Crippen LogP contribution is -2.42. The highest BCUT2D eigenvalue weighted by atomic mass is 32.1. The summed E-state index contributed by atoms with van der Waals surface area (Å²) in [6.45, 7) is 8.49. The molecule has 116 valence electrons. The fourth-order valence-corrected chi connectivity index (χ4v) is 3.59. The Morgan fingerprint density at radius 1 is 1.48 bits per heavy atom. The molecular formula is C16H24N2O2S. The van der Waals surface area contributed by atoms with E-state index in [2.05, 4.69) is 26.2 Å². The SMILES string of the molecule is CC(C)(C)c1csc([C@H]2CN(C(=O)CC3CC3)CCO2)n1. The molecule has 0 aromatic carbocycles. The van der Waals surface area contributed by atoms with Crippen LogP contribution in [0.2, 0.25) is 0 Å². The number of aromatic nitrogens is 1. The molecule has 1 saturated heterocycles. The topological polar surface area (TPSA) is 42.4 Å². The van der Waals surface area contributed by atoms with Gasteiger partial charge in [0.15, 0.2) is 0 Å². The van der Waals surface area contributed by atoms with Crippen molar-refractivity contribution < 1.29 is 9.53 Å². The Kier molecular flexibility index (Phi) is 4.06. The van der Waals surface area contributed by atoms with Crippen molar-refractivity contribution in [3.8, 4) is 0 Å². The molecule has 2 fully saturated rings. The number of hydrogen-bond acceptors (Lipinski definition) is 4. The Labute approximate surface area is 130 Å². The summed E-state index contributed by atoms with van der Waals surface area (Å²) >= 11 is 1.65. The van der Waals surface area contributed by atoms with Crippen molar-refractivity contribution in [1.82, 2.24) is 9.88 Å². The smallest absolute Gasteiger partial charge is 0.223 e. The van der Waals surface area contributed by atoms with E-state index in [-0.39, 0.29) is 11.5 Å². The van der Waals surface area contributed by atoms with Crippen molar-refractivity contribution >= 4 is 17.2 Å². The zero-order valence-electron chi connectivity index (χ0n) is 13.1. The molecule has 4 nitrogen and oxygen atoms in total. The van der Waals surface area contributed by atoms with Gasteiger partial charge in [0.1, 0.15) is 11.1 Å². The average molecular weight is 308 g/mol. The summed E-state index contributed by atoms with van der Waals surface area (Å²) < 4.78 is 5.85. The Morgan fingerprint density at radius 3 is 2.86 bits per heavy atom. The summed E-state index contributed by atoms with van der Waals surface area (Å²) in [5, 5.41) is 3.12. The summed E-state index contributed by atoms with van der Waals surface area (Å²) in [6, 6.07) is 0. The number of nitrogens with zero attached hydrogens (tertiary/aromatic N) is 2. The first-order valence-corrected chi connectivity index (χ1v) is 8.67. The predicted octanol–water partition coefficient (Wildman–Crippen LogP) is 3.14. The van der Waals surface area contributed by atoms with Gasteiger partial charge in [-0.25, -0.2) is 4.98 Å². The van der Waals surface area contributed by atoms with E-state index >= 15 is 0 Å². The summed E-state index contributed by atoms with van der Waals surface area (Å²) in [4.78, 5) is 18.9. The number of hydrogen-bond donors (Lipinski definition) is 0. The minimum atomic E-state index is -0.0528. The number of rotatable bonds is 3. The molecule has 5 heteroatoms. The number of carbonyl (C=O) groups excluding carboxylic acids is 1. The normalized spacial score (nSPS) is 23.4. The molecule has 0 N–H and O–H groups in total. The first-order valence-electron chi connectivity index (χ1n) is 7.79. The highest BCUT2D eigenvalue weighted by molar-refractivity contribution is 7.09. The van der Waals surface area contributed by atoms with E-state index in [1.165, 1.54) is 12.8 Å². The molecule has 0 bridgehead atoms. The summed E-state index contributed by atoms with van der Waals surface area (Å²) in [5.41, 5.74) is 1.16. The summed E-state index contributed by atoms with van der Waals surface area (Å²) in [6.07, 6.45) is 3.11. The summed E-state index contributed by atoms with van der Waals surface area (Å²) in [5.74, 6) is 0.935. The second-order valence-electron chi connectivity index (χ2n) is 7.17. The third-order valence-corrected chi connectivity index (χ3v) is 5.08. The van der Waals surface area contributed by atoms with Crippen LogP contribution in [0, 0.1) is 5.92 Å². The maximum Gasteiger partial charge on any atom is 0.223 e. The van der Waals surface area contributed by atoms with Gasteiger partial charge in [0.05, 0.1) is 18.8 Å². The standard InChI is InChI=1S/C16H24N2O2S/c1-16(2,3)13-10-21-15(17-13)12-9-18(6-7-20-12)14(19)8-11-4-5-11/h10-12H,4-9H2,1-3H3/t12-/m1/s1. The van der Waals surface area contributed by atoms with Crippen LogP contribution < -0.4 is 0 Å². The predicted molar refractivity (Wildman–Crippen MR) is 83.4 cm³/mol. The van der Waals surface area contributed by atoms with Crippen molar-refractivity contribution in [2.45, 2.75) is 51.6 Å². The van der Waals surface area contributed by atoms with Crippen molar-refractivity contribution in [1.29, 1.82) is 0 Å². The van der Waals surface area contributed by atoms with Crippen LogP contribution in [-0.2, 0) is 14.9 Å². The van der Waals surface area contributed by atoms with Gasteiger partial charge in [-0.1, -0.05) is 20.8 Å². The monoisotopic (exact) mass is 308 g/mol. The number of amides is 1. The van der Waals surface area contributed by atoms with E-state index in [0.29, 0.717) is 25.0 Å². The summed E-state index contributed by atoms with van der Waals surface area (Å²) in [7, 11) is 0. The quantitative estimate of drug-likeness (QED) is 0.861. The molecule has 1 atom stereocenters. The average Bonchev–Trinajstić information content (AvgIpc) is 3.09. The zero-order valence-corrected chi connectivity index (χ0v) is 13.9. The van der Waals surface area contributed by atoms with E-state index in [9.17, 15) is 4.79 Å². The molecule has 2 aliphatic rings. The van der Waals surface area contributed by atoms with E-state index < -0.39 is 0 Å². The Hall–Kier alpha value is -0.940. The molecule has 1 amide bonds. The molecule has 21 heavy (non-hydrogen) atoms. The Bertz CT molecular complexity index is 517. The first kappa shape index (κ1) is 15.0. The van der Waals surface area contributed by atoms with Crippen LogP contribution in [0.15, 0.2) is 5.38 Å². The van der Waals surface area contributed by atoms with E-state index in [1.807, 2.05) is 4.90 Å². The number of thiazole rings is 1. The maximum atomic E-state index is 12.2. The molecular weight excluding hydrogens is 284 g/mol. The Morgan fingerprint density at radius 2 is 2.24 bits per heavy atom. The van der Waals surface area contributed by atoms with Gasteiger partial charge < -0.3 is 9.64 Å². The third-order valence-electron chi connectivity index (χ3n) is 4.15. The maximum absolute atomic E-state index is 12.2. The molecule has 0 spiro atoms. The molecule has 2 heterocycles. The fourth-order valence-electron chi connectivity index (χ4n) is 2.50. The van der Waals surface area contributed by atoms with Crippen LogP contribution in [-0.4, -0.2) is 35.5 Å². The van der Waals surface area contributed by atoms with Crippen molar-refractivity contribution in [2.24, 2.45) is 5.92 Å². The van der Waals surface area contributed by atoms with E-state index in [1.54, 1.807) is 11.3 Å². The van der Waals surface area contributed by atoms with Crippen LogP contribution >= 0.6 is 11.3 Å². The molecule has 1 saturated carbocycles. The molecule has 1 aliphatic carbocycles. The number of morpholine rings is 1. The molecule has 1 aromatic rings. The van der Waals surface area contributed by atoms with Gasteiger partial charge in [-0.05, 0) is 18.8 Å². The third kappa shape index (κ3) is 3.64. The van der Waals surface area contributed by atoms with Gasteiger partial charge in [0, 0.05) is 23.8 Å². The van der Waals surface area contributed by atoms with Crippen molar-refractivity contribution in [3.63, 3.8) is 0 Å². The minimum Gasteiger partial charge on any atom is -0.367 e. The zero-order chi connectivity index (χ0) is 15.0. The lowest BCUT2D eigenvalue weighted by Gasteiger charge is -2.32. The number of carbonyl (C=O) groups is 1. The van der Waals surface area contributed by atoms with E-state index in [0.717, 1.165) is 23.7 Å². The van der Waals surface area contributed by atoms with Crippen LogP contribution in [0.25, 0.3) is 0 Å². The van der Waals surface area contributed by atoms with Gasteiger partial charge in [-0.2, -0.15) is 0 Å². The van der Waals surface area contributed by atoms with Gasteiger partial charge in [-0.3, -0.25) is 4.79 Å². The largest absolute Gasteiger partial charge is 0.367 e. The van der Waals surface area contributed by atoms with Crippen molar-refractivity contribution in [2.75, 3.05) is 19.7 Å². The Balaban J connectivity index is 1.65. The fraction of sp³-hybridized carbons (Fsp3) is 0.750. The van der Waals surface area contributed by atoms with Crippen LogP contribution in [0.1, 0.15) is 56.8 Å². The highest BCUT2D eigenvalue weighted by Gasteiger charge is 2.31. The molecule has 3 rings (SSSR count). The number of ether oxygens (including phenoxy) is 1. The highest BCUT2D eigenvalue weighted by Crippen LogP contribution is 2.34. The second-order valence-corrected chi connectivity index (χ2v) is 8.06. The van der Waals surface area contributed by atoms with Gasteiger partial charge in [0.2, 0.25) is 5.91 Å². The molecule has 0 unspecified atom stereocenters. The van der Waals surface area contributed by atoms with E-state index in [4.69, 9.17) is 9.72 Å². The van der Waals surface area contributed by atoms with Gasteiger partial charge >= 0.3 is 0 Å². The first-order chi connectivity index (χ1) is 9.93. The molecule has 1 aliphatic heterocycles. The van der Waals surface area contributed by atoms with Crippen molar-refractivity contribution in [3.05, 3.63) is 16.1 Å². The molecule has 1 aromatic heterocycles. The van der Waals surface area contributed by atoms with Crippen LogP contribution in [0.3, 0.4) is 0 Å². The minimum absolute atomic E-state index is 0.0528. The van der Waals surface area contributed by atoms with Gasteiger partial charge in [-0.15, -0.1) is 11.3 Å².